The third-order valence-electron chi connectivity index (χ3n) is 5.44. The number of rotatable bonds is 4. The normalized spacial score (nSPS) is 23.0. The lowest BCUT2D eigenvalue weighted by Gasteiger charge is -2.33. The highest BCUT2D eigenvalue weighted by Crippen LogP contribution is 2.28. The molecule has 0 amide bonds. The summed E-state index contributed by atoms with van der Waals surface area (Å²) in [5.41, 5.74) is 1.20. The molecule has 128 valence electrons. The van der Waals surface area contributed by atoms with Gasteiger partial charge in [-0.3, -0.25) is 4.98 Å². The maximum Gasteiger partial charge on any atom is 0.123 e. The Bertz CT molecular complexity index is 688. The predicted octanol–water partition coefficient (Wildman–Crippen LogP) is 3.00. The number of pyridine rings is 1. The molecule has 4 heteroatoms. The van der Waals surface area contributed by atoms with Gasteiger partial charge in [0.15, 0.2) is 0 Å². The second kappa shape index (κ2) is 7.08. The highest BCUT2D eigenvalue weighted by Gasteiger charge is 2.24. The number of nitrogens with one attached hydrogen (secondary N) is 1. The summed E-state index contributed by atoms with van der Waals surface area (Å²) in [5.74, 6) is 1.88. The minimum Gasteiger partial charge on any atom is -0.490 e. The number of likely N-dealkylation sites (tertiary alicyclic amines) is 1. The first-order valence-corrected chi connectivity index (χ1v) is 9.22. The minimum absolute atomic E-state index is 0.348. The van der Waals surface area contributed by atoms with Crippen molar-refractivity contribution in [3.8, 4) is 5.75 Å². The Morgan fingerprint density at radius 2 is 2.08 bits per heavy atom. The Morgan fingerprint density at radius 1 is 1.21 bits per heavy atom. The molecular formula is C20H27N3O. The van der Waals surface area contributed by atoms with Crippen LogP contribution in [0.3, 0.4) is 0 Å². The fraction of sp³-hybridized carbons (Fsp3) is 0.550. The third kappa shape index (κ3) is 3.55. The minimum atomic E-state index is 0.348. The summed E-state index contributed by atoms with van der Waals surface area (Å²) in [6.07, 6.45) is 7.71. The van der Waals surface area contributed by atoms with Crippen LogP contribution in [-0.4, -0.2) is 48.7 Å². The Hall–Kier alpha value is -1.65. The smallest absolute Gasteiger partial charge is 0.123 e. The third-order valence-corrected chi connectivity index (χ3v) is 5.44. The van der Waals surface area contributed by atoms with Crippen LogP contribution in [0.1, 0.15) is 24.8 Å². The van der Waals surface area contributed by atoms with E-state index in [4.69, 9.17) is 4.74 Å². The van der Waals surface area contributed by atoms with Gasteiger partial charge in [0.1, 0.15) is 11.9 Å². The monoisotopic (exact) mass is 325 g/mol. The molecule has 3 heterocycles. The molecule has 2 aliphatic heterocycles. The summed E-state index contributed by atoms with van der Waals surface area (Å²) in [5, 5.41) is 5.86. The maximum atomic E-state index is 6.35. The van der Waals surface area contributed by atoms with E-state index in [1.807, 2.05) is 12.4 Å². The van der Waals surface area contributed by atoms with Crippen LogP contribution in [0.5, 0.6) is 5.75 Å². The van der Waals surface area contributed by atoms with E-state index < -0.39 is 0 Å². The quantitative estimate of drug-likeness (QED) is 0.938. The van der Waals surface area contributed by atoms with E-state index in [1.54, 1.807) is 0 Å². The summed E-state index contributed by atoms with van der Waals surface area (Å²) >= 11 is 0. The number of hydrogen-bond donors (Lipinski definition) is 1. The number of hydrogen-bond acceptors (Lipinski definition) is 4. The summed E-state index contributed by atoms with van der Waals surface area (Å²) in [4.78, 5) is 6.82. The summed E-state index contributed by atoms with van der Waals surface area (Å²) in [6, 6.07) is 6.41. The van der Waals surface area contributed by atoms with Crippen LogP contribution in [0, 0.1) is 12.8 Å². The van der Waals surface area contributed by atoms with Gasteiger partial charge in [0.05, 0.1) is 0 Å². The Labute approximate surface area is 144 Å². The van der Waals surface area contributed by atoms with Crippen molar-refractivity contribution in [3.05, 3.63) is 36.2 Å². The number of fused-ring (bicyclic) bond motifs is 1. The molecular weight excluding hydrogens is 298 g/mol. The zero-order chi connectivity index (χ0) is 16.4. The first kappa shape index (κ1) is 15.9. The molecule has 2 aromatic rings. The topological polar surface area (TPSA) is 37.4 Å². The van der Waals surface area contributed by atoms with Crippen LogP contribution in [0.2, 0.25) is 0 Å². The first-order chi connectivity index (χ1) is 11.8. The molecule has 4 nitrogen and oxygen atoms in total. The first-order valence-electron chi connectivity index (χ1n) is 9.22. The maximum absolute atomic E-state index is 6.35. The van der Waals surface area contributed by atoms with Crippen LogP contribution < -0.4 is 10.1 Å². The van der Waals surface area contributed by atoms with Crippen LogP contribution in [0.25, 0.3) is 10.8 Å². The van der Waals surface area contributed by atoms with E-state index >= 15 is 0 Å². The number of nitrogens with zero attached hydrogens (tertiary/aromatic N) is 2. The molecule has 2 aliphatic rings. The number of aromatic nitrogens is 1. The van der Waals surface area contributed by atoms with Gasteiger partial charge in [0, 0.05) is 37.4 Å². The zero-order valence-electron chi connectivity index (χ0n) is 14.5. The lowest BCUT2D eigenvalue weighted by Crippen LogP contribution is -2.41. The van der Waals surface area contributed by atoms with E-state index in [9.17, 15) is 0 Å². The van der Waals surface area contributed by atoms with Gasteiger partial charge >= 0.3 is 0 Å². The van der Waals surface area contributed by atoms with Crippen molar-refractivity contribution in [3.63, 3.8) is 0 Å². The average molecular weight is 325 g/mol. The standard InChI is InChI=1S/C20H27N3O/c1-15-10-18-13-22-7-3-17(18)11-20(15)24-19-4-8-23(9-5-19)14-16-2-6-21-12-16/h3,7,10-11,13,16,19,21H,2,4-6,8-9,12,14H2,1H3. The van der Waals surface area contributed by atoms with E-state index in [2.05, 4.69) is 40.3 Å². The molecule has 2 fully saturated rings. The molecule has 1 unspecified atom stereocenters. The number of benzene rings is 1. The molecule has 4 rings (SSSR count). The molecule has 0 bridgehead atoms. The van der Waals surface area contributed by atoms with Gasteiger partial charge in [-0.05, 0) is 74.3 Å². The van der Waals surface area contributed by atoms with Gasteiger partial charge < -0.3 is 15.0 Å². The van der Waals surface area contributed by atoms with Crippen molar-refractivity contribution in [1.82, 2.24) is 15.2 Å². The van der Waals surface area contributed by atoms with Crippen molar-refractivity contribution in [2.24, 2.45) is 5.92 Å². The molecule has 1 aromatic heterocycles. The van der Waals surface area contributed by atoms with E-state index in [1.165, 1.54) is 42.4 Å². The van der Waals surface area contributed by atoms with Gasteiger partial charge in [-0.15, -0.1) is 0 Å². The largest absolute Gasteiger partial charge is 0.490 e. The molecule has 1 atom stereocenters. The molecule has 1 N–H and O–H groups in total. The second-order valence-electron chi connectivity index (χ2n) is 7.32. The summed E-state index contributed by atoms with van der Waals surface area (Å²) < 4.78 is 6.35. The molecule has 1 aromatic carbocycles. The van der Waals surface area contributed by atoms with Crippen molar-refractivity contribution < 1.29 is 4.74 Å². The molecule has 0 spiro atoms. The molecule has 0 saturated carbocycles. The van der Waals surface area contributed by atoms with Crippen molar-refractivity contribution in [1.29, 1.82) is 0 Å². The average Bonchev–Trinajstić information content (AvgIpc) is 3.10. The number of piperidine rings is 1. The molecule has 0 aliphatic carbocycles. The van der Waals surface area contributed by atoms with Crippen molar-refractivity contribution in [2.75, 3.05) is 32.7 Å². The highest BCUT2D eigenvalue weighted by molar-refractivity contribution is 5.84. The molecule has 0 radical (unpaired) electrons. The van der Waals surface area contributed by atoms with Gasteiger partial charge in [-0.2, -0.15) is 0 Å². The lowest BCUT2D eigenvalue weighted by atomic mass is 10.0. The van der Waals surface area contributed by atoms with E-state index in [-0.39, 0.29) is 0 Å². The zero-order valence-corrected chi connectivity index (χ0v) is 14.5. The van der Waals surface area contributed by atoms with E-state index in [0.29, 0.717) is 6.10 Å². The van der Waals surface area contributed by atoms with Crippen LogP contribution >= 0.6 is 0 Å². The SMILES string of the molecule is Cc1cc2cnccc2cc1OC1CCN(CC2CCNC2)CC1. The van der Waals surface area contributed by atoms with Crippen LogP contribution in [-0.2, 0) is 0 Å². The number of ether oxygens (including phenoxy) is 1. The van der Waals surface area contributed by atoms with Gasteiger partial charge in [0.2, 0.25) is 0 Å². The number of aryl methyl sites for hydroxylation is 1. The van der Waals surface area contributed by atoms with E-state index in [0.717, 1.165) is 37.6 Å². The van der Waals surface area contributed by atoms with Gasteiger partial charge in [-0.25, -0.2) is 0 Å². The van der Waals surface area contributed by atoms with Gasteiger partial charge in [0.25, 0.3) is 0 Å². The van der Waals surface area contributed by atoms with Gasteiger partial charge in [-0.1, -0.05) is 0 Å². The Balaban J connectivity index is 1.35. The fourth-order valence-corrected chi connectivity index (χ4v) is 3.98. The van der Waals surface area contributed by atoms with Crippen LogP contribution in [0.15, 0.2) is 30.6 Å². The molecule has 2 saturated heterocycles. The summed E-state index contributed by atoms with van der Waals surface area (Å²) in [7, 11) is 0. The second-order valence-corrected chi connectivity index (χ2v) is 7.32. The summed E-state index contributed by atoms with van der Waals surface area (Å²) in [6.45, 7) is 8.10. The lowest BCUT2D eigenvalue weighted by molar-refractivity contribution is 0.0924. The Kier molecular flexibility index (Phi) is 4.67. The predicted molar refractivity (Wildman–Crippen MR) is 97.5 cm³/mol. The van der Waals surface area contributed by atoms with Crippen molar-refractivity contribution in [2.45, 2.75) is 32.3 Å². The fourth-order valence-electron chi connectivity index (χ4n) is 3.98. The van der Waals surface area contributed by atoms with Crippen LogP contribution in [0.4, 0.5) is 0 Å². The Morgan fingerprint density at radius 3 is 2.88 bits per heavy atom. The highest BCUT2D eigenvalue weighted by atomic mass is 16.5. The van der Waals surface area contributed by atoms with Crippen molar-refractivity contribution >= 4 is 10.8 Å². The molecule has 24 heavy (non-hydrogen) atoms.